The summed E-state index contributed by atoms with van der Waals surface area (Å²) in [4.78, 5) is 77.6. The summed E-state index contributed by atoms with van der Waals surface area (Å²) in [5.74, 6) is -4.79. The molecule has 1 unspecified atom stereocenters. The van der Waals surface area contributed by atoms with E-state index in [2.05, 4.69) is 38.9 Å². The van der Waals surface area contributed by atoms with E-state index in [4.69, 9.17) is 4.74 Å². The number of ketones is 1. The zero-order valence-corrected chi connectivity index (χ0v) is 39.2. The molecule has 4 aliphatic heterocycles. The van der Waals surface area contributed by atoms with Crippen molar-refractivity contribution in [1.29, 1.82) is 0 Å². The Labute approximate surface area is 401 Å². The summed E-state index contributed by atoms with van der Waals surface area (Å²) in [6, 6.07) is 15.9. The molecule has 5 aromatic rings. The smallest absolute Gasteiger partial charge is 0.301 e. The second-order valence-electron chi connectivity index (χ2n) is 19.1. The van der Waals surface area contributed by atoms with E-state index in [1.54, 1.807) is 30.5 Å². The molecule has 10 rings (SSSR count). The third kappa shape index (κ3) is 8.91. The number of piperidine rings is 2. The molecular formula is C50H51F3N8O8S. The van der Waals surface area contributed by atoms with Crippen molar-refractivity contribution in [2.24, 2.45) is 5.92 Å². The number of aromatic amines is 1. The second kappa shape index (κ2) is 18.6. The van der Waals surface area contributed by atoms with Crippen LogP contribution in [0.2, 0.25) is 0 Å². The number of ether oxygens (including phenoxy) is 1. The average molecular weight is 981 g/mol. The molecule has 1 aliphatic carbocycles. The number of pyridine rings is 1. The third-order valence-electron chi connectivity index (χ3n) is 14.3. The summed E-state index contributed by atoms with van der Waals surface area (Å²) in [5.41, 5.74) is 1.62. The van der Waals surface area contributed by atoms with Gasteiger partial charge in [-0.25, -0.2) is 18.2 Å². The van der Waals surface area contributed by atoms with Gasteiger partial charge in [0.15, 0.2) is 5.82 Å². The number of nitrogens with zero attached hydrogens (tertiary/aromatic N) is 5. The number of aromatic nitrogens is 2. The molecule has 366 valence electrons. The molecule has 1 saturated carbocycles. The number of hydrogen-bond acceptors (Lipinski definition) is 11. The number of imide groups is 2. The van der Waals surface area contributed by atoms with Crippen LogP contribution in [-0.2, 0) is 19.8 Å². The largest absolute Gasteiger partial charge is 0.490 e. The molecular weight excluding hydrogens is 930 g/mol. The van der Waals surface area contributed by atoms with Gasteiger partial charge in [-0.2, -0.15) is 12.7 Å². The van der Waals surface area contributed by atoms with Crippen LogP contribution in [0.4, 0.5) is 24.5 Å². The van der Waals surface area contributed by atoms with Crippen LogP contribution in [-0.4, -0.2) is 125 Å². The van der Waals surface area contributed by atoms with Crippen molar-refractivity contribution in [2.45, 2.75) is 89.2 Å². The summed E-state index contributed by atoms with van der Waals surface area (Å²) in [6.07, 6.45) is 5.33. The maximum atomic E-state index is 15.8. The van der Waals surface area contributed by atoms with Crippen molar-refractivity contribution < 1.29 is 50.3 Å². The van der Waals surface area contributed by atoms with Gasteiger partial charge in [0, 0.05) is 98.7 Å². The molecule has 2 atom stereocenters. The van der Waals surface area contributed by atoms with Crippen LogP contribution in [0.3, 0.4) is 0 Å². The number of H-pyrrole nitrogens is 1. The first-order chi connectivity index (χ1) is 33.5. The lowest BCUT2D eigenvalue weighted by Gasteiger charge is -2.46. The van der Waals surface area contributed by atoms with Crippen LogP contribution in [0.25, 0.3) is 22.2 Å². The number of carbonyl (C=O) groups is 5. The summed E-state index contributed by atoms with van der Waals surface area (Å²) >= 11 is 0. The van der Waals surface area contributed by atoms with Gasteiger partial charge in [0.1, 0.15) is 35.5 Å². The Balaban J connectivity index is 0.734. The van der Waals surface area contributed by atoms with Crippen molar-refractivity contribution in [2.75, 3.05) is 42.3 Å². The van der Waals surface area contributed by atoms with Gasteiger partial charge in [-0.1, -0.05) is 12.1 Å². The van der Waals surface area contributed by atoms with Crippen molar-refractivity contribution in [1.82, 2.24) is 29.4 Å². The molecule has 16 nitrogen and oxygen atoms in total. The fourth-order valence-electron chi connectivity index (χ4n) is 10.4. The monoisotopic (exact) mass is 980 g/mol. The lowest BCUT2D eigenvalue weighted by molar-refractivity contribution is -0.136. The lowest BCUT2D eigenvalue weighted by Crippen LogP contribution is -2.54. The maximum Gasteiger partial charge on any atom is 0.301 e. The SMILES string of the molecule is CC(C)N(CC1CCN(c2ccc(-c3cnc4[nH]cc(C(=O)c5c(F)ccc(NS(=O)(=O)N6CC[C@@H](F)C6)c5F)c4c3)cc2)CC1)[C@H]1C[C@H](Oc2ccc3c(c2)C(=O)N(C2CCC(=O)NC2=O)C3=O)C1. The van der Waals surface area contributed by atoms with E-state index >= 15 is 8.78 Å². The van der Waals surface area contributed by atoms with Crippen LogP contribution < -0.4 is 19.7 Å². The molecule has 4 fully saturated rings. The predicted octanol–water partition coefficient (Wildman–Crippen LogP) is 6.38. The molecule has 0 radical (unpaired) electrons. The van der Waals surface area contributed by atoms with Crippen LogP contribution in [0.5, 0.6) is 5.75 Å². The normalized spacial score (nSPS) is 22.3. The molecule has 3 aromatic carbocycles. The molecule has 0 spiro atoms. The van der Waals surface area contributed by atoms with E-state index in [0.717, 1.165) is 77.9 Å². The van der Waals surface area contributed by atoms with Gasteiger partial charge >= 0.3 is 10.2 Å². The highest BCUT2D eigenvalue weighted by molar-refractivity contribution is 7.90. The van der Waals surface area contributed by atoms with Gasteiger partial charge in [0.25, 0.3) is 11.8 Å². The summed E-state index contributed by atoms with van der Waals surface area (Å²) in [5, 5.41) is 2.54. The zero-order chi connectivity index (χ0) is 49.2. The topological polar surface area (TPSA) is 194 Å². The van der Waals surface area contributed by atoms with Gasteiger partial charge < -0.3 is 14.6 Å². The Morgan fingerprint density at radius 3 is 2.36 bits per heavy atom. The predicted molar refractivity (Wildman–Crippen MR) is 252 cm³/mol. The van der Waals surface area contributed by atoms with Gasteiger partial charge in [-0.05, 0) is 99.5 Å². The molecule has 3 N–H and O–H groups in total. The minimum Gasteiger partial charge on any atom is -0.490 e. The molecule has 20 heteroatoms. The van der Waals surface area contributed by atoms with E-state index in [1.165, 1.54) is 6.20 Å². The quantitative estimate of drug-likeness (QED) is 0.0826. The van der Waals surface area contributed by atoms with E-state index < -0.39 is 81.3 Å². The average Bonchev–Trinajstić information content (AvgIpc) is 4.03. The molecule has 2 aromatic heterocycles. The Bertz CT molecular complexity index is 3050. The first-order valence-corrected chi connectivity index (χ1v) is 25.0. The number of amides is 4. The van der Waals surface area contributed by atoms with Crippen LogP contribution in [0.15, 0.2) is 73.1 Å². The third-order valence-corrected chi connectivity index (χ3v) is 15.8. The maximum absolute atomic E-state index is 15.8. The van der Waals surface area contributed by atoms with E-state index in [1.807, 2.05) is 29.0 Å². The molecule has 3 saturated heterocycles. The molecule has 4 amide bonds. The fourth-order valence-corrected chi connectivity index (χ4v) is 11.6. The van der Waals surface area contributed by atoms with Crippen molar-refractivity contribution in [3.05, 3.63) is 107 Å². The van der Waals surface area contributed by atoms with E-state index in [9.17, 15) is 36.8 Å². The minimum absolute atomic E-state index is 0.00356. The highest BCUT2D eigenvalue weighted by Crippen LogP contribution is 2.37. The number of halogens is 3. The number of fused-ring (bicyclic) bond motifs is 2. The highest BCUT2D eigenvalue weighted by Gasteiger charge is 2.45. The van der Waals surface area contributed by atoms with Gasteiger partial charge in [0.2, 0.25) is 17.6 Å². The Hall–Kier alpha value is -6.64. The number of benzene rings is 3. The van der Waals surface area contributed by atoms with Crippen molar-refractivity contribution in [3.63, 3.8) is 0 Å². The van der Waals surface area contributed by atoms with Crippen LogP contribution >= 0.6 is 0 Å². The highest BCUT2D eigenvalue weighted by atomic mass is 32.2. The molecule has 70 heavy (non-hydrogen) atoms. The van der Waals surface area contributed by atoms with Gasteiger partial charge in [0.05, 0.1) is 22.4 Å². The number of carbonyl (C=O) groups excluding carboxylic acids is 5. The number of hydrogen-bond donors (Lipinski definition) is 3. The number of anilines is 2. The molecule has 5 aliphatic rings. The zero-order valence-electron chi connectivity index (χ0n) is 38.4. The first kappa shape index (κ1) is 47.1. The van der Waals surface area contributed by atoms with Crippen molar-refractivity contribution >= 4 is 62.0 Å². The summed E-state index contributed by atoms with van der Waals surface area (Å²) in [6.45, 7) is 6.63. The lowest BCUT2D eigenvalue weighted by atomic mass is 9.85. The first-order valence-electron chi connectivity index (χ1n) is 23.6. The van der Waals surface area contributed by atoms with Crippen molar-refractivity contribution in [3.8, 4) is 16.9 Å². The Kier molecular flexibility index (Phi) is 12.5. The fraction of sp³-hybridized carbons (Fsp3) is 0.400. The number of nitrogens with one attached hydrogen (secondary N) is 3. The number of alkyl halides is 1. The minimum atomic E-state index is -4.37. The standard InChI is InChI=1S/C50H51F3N8O8S/c1-27(2)60(33-20-35(21-33)69-34-7-8-36-38(22-34)50(66)61(49(36)65)42-11-12-43(62)56-48(42)64)25-28-13-16-58(17-14-28)32-5-3-29(4-6-32)30-19-37-39(24-55-47(37)54-23-30)46(63)44-40(52)9-10-41(45(44)53)57-70(67,68)59-18-15-31(51)26-59/h3-10,19,22-24,27-28,31,33,35,42,57H,11-18,20-21,25-26H2,1-2H3,(H,54,55)(H,56,62,64)/t31-,33-,35-,42?/m1/s1. The Morgan fingerprint density at radius 2 is 1.66 bits per heavy atom. The summed E-state index contributed by atoms with van der Waals surface area (Å²) in [7, 11) is -4.37. The van der Waals surface area contributed by atoms with E-state index in [0.29, 0.717) is 40.3 Å². The number of rotatable bonds is 14. The Morgan fingerprint density at radius 1 is 0.914 bits per heavy atom. The summed E-state index contributed by atoms with van der Waals surface area (Å²) < 4.78 is 79.5. The molecule has 0 bridgehead atoms. The van der Waals surface area contributed by atoms with Gasteiger partial charge in [-0.15, -0.1) is 0 Å². The van der Waals surface area contributed by atoms with Gasteiger partial charge in [-0.3, -0.25) is 43.8 Å². The van der Waals surface area contributed by atoms with E-state index in [-0.39, 0.29) is 48.6 Å². The second-order valence-corrected chi connectivity index (χ2v) is 20.7. The molecule has 6 heterocycles. The van der Waals surface area contributed by atoms with Crippen LogP contribution in [0.1, 0.15) is 95.4 Å². The van der Waals surface area contributed by atoms with Crippen LogP contribution in [0, 0.1) is 17.6 Å².